The number of methoxy groups -OCH3 is 1. The number of aromatic nitrogens is 1. The molecule has 0 spiro atoms. The summed E-state index contributed by atoms with van der Waals surface area (Å²) < 4.78 is 17.1. The van der Waals surface area contributed by atoms with E-state index in [0.29, 0.717) is 34.7 Å². The number of morpholine rings is 1. The van der Waals surface area contributed by atoms with Crippen LogP contribution >= 0.6 is 0 Å². The van der Waals surface area contributed by atoms with Gasteiger partial charge in [-0.15, -0.1) is 0 Å². The molecule has 35 heavy (non-hydrogen) atoms. The molecule has 0 aliphatic carbocycles. The number of nitrogens with zero attached hydrogens (tertiary/aromatic N) is 2. The van der Waals surface area contributed by atoms with Crippen molar-refractivity contribution >= 4 is 28.2 Å². The normalized spacial score (nSPS) is 14.1. The number of hydrogen-bond donors (Lipinski definition) is 3. The number of carbonyl (C=O) groups is 1. The van der Waals surface area contributed by atoms with E-state index in [1.165, 1.54) is 6.20 Å². The molecule has 1 fully saturated rings. The van der Waals surface area contributed by atoms with Crippen LogP contribution in [0.2, 0.25) is 0 Å². The summed E-state index contributed by atoms with van der Waals surface area (Å²) in [6, 6.07) is 9.21. The van der Waals surface area contributed by atoms with E-state index in [-0.39, 0.29) is 12.2 Å². The third kappa shape index (κ3) is 5.64. The highest BCUT2D eigenvalue weighted by atomic mass is 16.5. The number of benzene rings is 2. The number of aliphatic hydroxyl groups is 1. The van der Waals surface area contributed by atoms with Gasteiger partial charge < -0.3 is 30.4 Å². The van der Waals surface area contributed by atoms with Crippen LogP contribution in [0.4, 0.5) is 11.4 Å². The van der Waals surface area contributed by atoms with Crippen LogP contribution in [-0.4, -0.2) is 67.5 Å². The topological polar surface area (TPSA) is 119 Å². The molecule has 0 saturated carbocycles. The van der Waals surface area contributed by atoms with Gasteiger partial charge in [-0.2, -0.15) is 0 Å². The van der Waals surface area contributed by atoms with Crippen molar-refractivity contribution in [2.24, 2.45) is 5.73 Å². The van der Waals surface area contributed by atoms with Crippen LogP contribution in [0.25, 0.3) is 10.9 Å². The van der Waals surface area contributed by atoms with Crippen LogP contribution in [0.5, 0.6) is 11.5 Å². The number of nitrogens with one attached hydrogen (secondary N) is 1. The Hall–Kier alpha value is -3.40. The molecule has 2 aromatic carbocycles. The van der Waals surface area contributed by atoms with Gasteiger partial charge in [0.05, 0.1) is 50.3 Å². The Bertz CT molecular complexity index is 1190. The Balaban J connectivity index is 1.65. The van der Waals surface area contributed by atoms with Gasteiger partial charge in [-0.25, -0.2) is 0 Å². The van der Waals surface area contributed by atoms with Crippen molar-refractivity contribution in [3.05, 3.63) is 53.2 Å². The highest BCUT2D eigenvalue weighted by Crippen LogP contribution is 2.38. The Morgan fingerprint density at radius 3 is 2.77 bits per heavy atom. The minimum Gasteiger partial charge on any atom is -0.493 e. The summed E-state index contributed by atoms with van der Waals surface area (Å²) >= 11 is 0. The number of amides is 1. The highest BCUT2D eigenvalue weighted by Gasteiger charge is 2.18. The maximum Gasteiger partial charge on any atom is 0.252 e. The maximum absolute atomic E-state index is 12.3. The van der Waals surface area contributed by atoms with Gasteiger partial charge in [-0.3, -0.25) is 14.7 Å². The molecule has 0 unspecified atom stereocenters. The molecule has 1 aliphatic heterocycles. The zero-order valence-electron chi connectivity index (χ0n) is 20.2. The van der Waals surface area contributed by atoms with Crippen LogP contribution in [0, 0.1) is 6.92 Å². The number of hydrogen-bond acceptors (Lipinski definition) is 8. The first-order valence-corrected chi connectivity index (χ1v) is 11.7. The van der Waals surface area contributed by atoms with Gasteiger partial charge in [0.1, 0.15) is 0 Å². The molecule has 1 amide bonds. The fourth-order valence-electron chi connectivity index (χ4n) is 4.21. The summed E-state index contributed by atoms with van der Waals surface area (Å²) in [6.45, 7) is 6.69. The molecular formula is C26H32N4O5. The highest BCUT2D eigenvalue weighted by molar-refractivity contribution is 6.08. The predicted octanol–water partition coefficient (Wildman–Crippen LogP) is 2.99. The van der Waals surface area contributed by atoms with Crippen molar-refractivity contribution in [2.75, 3.05) is 51.9 Å². The second-order valence-corrected chi connectivity index (χ2v) is 8.46. The molecule has 1 aliphatic rings. The first-order chi connectivity index (χ1) is 17.0. The molecule has 4 N–H and O–H groups in total. The number of anilines is 2. The third-order valence-corrected chi connectivity index (χ3v) is 6.27. The smallest absolute Gasteiger partial charge is 0.252 e. The maximum atomic E-state index is 12.3. The Morgan fingerprint density at radius 1 is 1.26 bits per heavy atom. The summed E-state index contributed by atoms with van der Waals surface area (Å²) in [6.07, 6.45) is 2.32. The van der Waals surface area contributed by atoms with Gasteiger partial charge in [0, 0.05) is 43.0 Å². The van der Waals surface area contributed by atoms with E-state index in [4.69, 9.17) is 19.9 Å². The number of carbonyl (C=O) groups excluding carboxylic acids is 1. The van der Waals surface area contributed by atoms with E-state index in [0.717, 1.165) is 56.1 Å². The Kier molecular flexibility index (Phi) is 8.02. The zero-order chi connectivity index (χ0) is 24.8. The van der Waals surface area contributed by atoms with Crippen LogP contribution in [-0.2, 0) is 11.3 Å². The third-order valence-electron chi connectivity index (χ3n) is 6.27. The lowest BCUT2D eigenvalue weighted by Gasteiger charge is -2.26. The van der Waals surface area contributed by atoms with Crippen molar-refractivity contribution in [1.29, 1.82) is 0 Å². The van der Waals surface area contributed by atoms with Crippen LogP contribution in [0.3, 0.4) is 0 Å². The second kappa shape index (κ2) is 11.4. The predicted molar refractivity (Wildman–Crippen MR) is 135 cm³/mol. The van der Waals surface area contributed by atoms with E-state index in [2.05, 4.69) is 15.2 Å². The van der Waals surface area contributed by atoms with E-state index in [9.17, 15) is 9.90 Å². The van der Waals surface area contributed by atoms with Crippen molar-refractivity contribution in [3.8, 4) is 11.5 Å². The number of ether oxygens (including phenoxy) is 3. The van der Waals surface area contributed by atoms with E-state index in [1.54, 1.807) is 13.2 Å². The average molecular weight is 481 g/mol. The molecule has 3 aromatic rings. The quantitative estimate of drug-likeness (QED) is 0.379. The molecule has 1 aromatic heterocycles. The fourth-order valence-corrected chi connectivity index (χ4v) is 4.21. The molecule has 0 bridgehead atoms. The van der Waals surface area contributed by atoms with Gasteiger partial charge in [0.25, 0.3) is 5.91 Å². The van der Waals surface area contributed by atoms with Crippen LogP contribution in [0.15, 0.2) is 36.5 Å². The minimum atomic E-state index is -0.596. The lowest BCUT2D eigenvalue weighted by Crippen LogP contribution is -2.37. The number of pyridine rings is 1. The summed E-state index contributed by atoms with van der Waals surface area (Å²) in [5, 5.41) is 13.7. The van der Waals surface area contributed by atoms with Gasteiger partial charge in [-0.05, 0) is 36.6 Å². The first-order valence-electron chi connectivity index (χ1n) is 11.7. The molecular weight excluding hydrogens is 448 g/mol. The van der Waals surface area contributed by atoms with Gasteiger partial charge in [0.15, 0.2) is 11.5 Å². The zero-order valence-corrected chi connectivity index (χ0v) is 20.2. The van der Waals surface area contributed by atoms with E-state index >= 15 is 0 Å². The van der Waals surface area contributed by atoms with Gasteiger partial charge in [-0.1, -0.05) is 12.1 Å². The second-order valence-electron chi connectivity index (χ2n) is 8.46. The summed E-state index contributed by atoms with van der Waals surface area (Å²) in [7, 11) is 1.59. The van der Waals surface area contributed by atoms with Crippen LogP contribution < -0.4 is 20.5 Å². The van der Waals surface area contributed by atoms with Crippen molar-refractivity contribution < 1.29 is 24.1 Å². The lowest BCUT2D eigenvalue weighted by molar-refractivity contribution is 0.0357. The average Bonchev–Trinajstić information content (AvgIpc) is 2.88. The number of aliphatic hydroxyl groups excluding tert-OH is 1. The standard InChI is InChI=1S/C26H32N4O5/c1-17-18(16-31)5-3-6-21(17)29-25-19-13-24(35-10-4-7-30-8-11-34-12-9-30)23(33-2)14-22(19)28-15-20(25)26(27)32/h3,5-6,13-15,31H,4,7-12,16H2,1-2H3,(H2,27,32)(H,28,29). The summed E-state index contributed by atoms with van der Waals surface area (Å²) in [4.78, 5) is 19.1. The van der Waals surface area contributed by atoms with Crippen molar-refractivity contribution in [1.82, 2.24) is 9.88 Å². The lowest BCUT2D eigenvalue weighted by atomic mass is 10.0. The molecule has 0 radical (unpaired) electrons. The summed E-state index contributed by atoms with van der Waals surface area (Å²) in [5.41, 5.74) is 9.54. The first kappa shape index (κ1) is 24.7. The van der Waals surface area contributed by atoms with E-state index < -0.39 is 5.91 Å². The largest absolute Gasteiger partial charge is 0.493 e. The van der Waals surface area contributed by atoms with E-state index in [1.807, 2.05) is 31.2 Å². The molecule has 1 saturated heterocycles. The van der Waals surface area contributed by atoms with Crippen molar-refractivity contribution in [3.63, 3.8) is 0 Å². The Morgan fingerprint density at radius 2 is 2.06 bits per heavy atom. The molecule has 9 heteroatoms. The number of rotatable bonds is 10. The Labute approximate surface area is 204 Å². The minimum absolute atomic E-state index is 0.0826. The molecule has 4 rings (SSSR count). The fraction of sp³-hybridized carbons (Fsp3) is 0.385. The number of nitrogens with two attached hydrogens (primary N) is 1. The van der Waals surface area contributed by atoms with Crippen LogP contribution in [0.1, 0.15) is 27.9 Å². The van der Waals surface area contributed by atoms with Crippen molar-refractivity contribution in [2.45, 2.75) is 20.0 Å². The molecule has 186 valence electrons. The molecule has 9 nitrogen and oxygen atoms in total. The molecule has 2 heterocycles. The monoisotopic (exact) mass is 480 g/mol. The molecule has 0 atom stereocenters. The SMILES string of the molecule is COc1cc2ncc(C(N)=O)c(Nc3cccc(CO)c3C)c2cc1OCCCN1CCOCC1. The number of primary amides is 1. The van der Waals surface area contributed by atoms with Gasteiger partial charge >= 0.3 is 0 Å². The van der Waals surface area contributed by atoms with Gasteiger partial charge in [0.2, 0.25) is 0 Å². The summed E-state index contributed by atoms with van der Waals surface area (Å²) in [5.74, 6) is 0.531. The number of fused-ring (bicyclic) bond motifs is 1.